The van der Waals surface area contributed by atoms with Gasteiger partial charge in [-0.25, -0.2) is 0 Å². The summed E-state index contributed by atoms with van der Waals surface area (Å²) in [4.78, 5) is 56.9. The standard InChI is InChI=1S/C28H29N5O5/c1-32-16-18(15-30-32)19-11-6-14-29-25(19)24(17-7-4-8-17)31-27(37)26-20-9-2-3-10-21(20)28(38)33(26)22(34)12-5-13-23(35)36/h2-3,6,9-11,14-17,24,26H,4-5,7-8,12-13H2,1H3,(H,31,37)(H,35,36)/t24-,26?/m1/s1. The largest absolute Gasteiger partial charge is 0.481 e. The molecule has 0 spiro atoms. The fourth-order valence-electron chi connectivity index (χ4n) is 5.23. The molecule has 2 aromatic heterocycles. The van der Waals surface area contributed by atoms with Gasteiger partial charge in [0.05, 0.1) is 17.9 Å². The maximum Gasteiger partial charge on any atom is 0.303 e. The van der Waals surface area contributed by atoms with Crippen molar-refractivity contribution in [2.75, 3.05) is 0 Å². The number of hydrogen-bond donors (Lipinski definition) is 2. The van der Waals surface area contributed by atoms with Crippen molar-refractivity contribution in [1.82, 2.24) is 25.0 Å². The van der Waals surface area contributed by atoms with Gasteiger partial charge in [0.2, 0.25) is 11.8 Å². The Kier molecular flexibility index (Phi) is 7.04. The molecular weight excluding hydrogens is 486 g/mol. The fraction of sp³-hybridized carbons (Fsp3) is 0.357. The van der Waals surface area contributed by atoms with Crippen LogP contribution in [-0.2, 0) is 21.4 Å². The predicted octanol–water partition coefficient (Wildman–Crippen LogP) is 3.42. The van der Waals surface area contributed by atoms with Crippen LogP contribution < -0.4 is 5.32 Å². The van der Waals surface area contributed by atoms with E-state index >= 15 is 0 Å². The van der Waals surface area contributed by atoms with Crippen molar-refractivity contribution in [3.05, 3.63) is 71.8 Å². The van der Waals surface area contributed by atoms with Crippen LogP contribution in [0.1, 0.15) is 72.2 Å². The second-order valence-corrected chi connectivity index (χ2v) is 9.82. The lowest BCUT2D eigenvalue weighted by Gasteiger charge is -2.36. The molecule has 0 radical (unpaired) electrons. The number of carboxylic acids is 1. The summed E-state index contributed by atoms with van der Waals surface area (Å²) in [6.07, 6.45) is 7.97. The van der Waals surface area contributed by atoms with Crippen LogP contribution in [0.4, 0.5) is 0 Å². The molecule has 10 nitrogen and oxygen atoms in total. The van der Waals surface area contributed by atoms with Crippen molar-refractivity contribution in [3.63, 3.8) is 0 Å². The highest BCUT2D eigenvalue weighted by Gasteiger charge is 2.45. The van der Waals surface area contributed by atoms with E-state index in [0.29, 0.717) is 11.1 Å². The molecule has 2 atom stereocenters. The van der Waals surface area contributed by atoms with Crippen LogP contribution in [0.3, 0.4) is 0 Å². The first-order valence-corrected chi connectivity index (χ1v) is 12.8. The number of nitrogens with one attached hydrogen (secondary N) is 1. The Morgan fingerprint density at radius 2 is 1.87 bits per heavy atom. The maximum atomic E-state index is 13.9. The van der Waals surface area contributed by atoms with Gasteiger partial charge in [-0.2, -0.15) is 5.10 Å². The molecule has 1 unspecified atom stereocenters. The molecule has 5 rings (SSSR count). The van der Waals surface area contributed by atoms with Gasteiger partial charge < -0.3 is 10.4 Å². The van der Waals surface area contributed by atoms with Crippen LogP contribution in [-0.4, -0.2) is 48.5 Å². The molecular formula is C28H29N5O5. The SMILES string of the molecule is Cn1cc(-c2cccnc2[C@H](NC(=O)C2c3ccccc3C(=O)N2C(=O)CCCC(=O)O)C2CCC2)cn1. The molecule has 0 bridgehead atoms. The van der Waals surface area contributed by atoms with Gasteiger partial charge in [0.15, 0.2) is 0 Å². The molecule has 0 saturated heterocycles. The summed E-state index contributed by atoms with van der Waals surface area (Å²) in [5, 5.41) is 16.4. The van der Waals surface area contributed by atoms with Crippen molar-refractivity contribution < 1.29 is 24.3 Å². The molecule has 196 valence electrons. The normalized spacial score (nSPS) is 17.6. The number of fused-ring (bicyclic) bond motifs is 1. The van der Waals surface area contributed by atoms with Crippen molar-refractivity contribution in [3.8, 4) is 11.1 Å². The molecule has 1 fully saturated rings. The van der Waals surface area contributed by atoms with Crippen LogP contribution in [0.2, 0.25) is 0 Å². The van der Waals surface area contributed by atoms with Crippen LogP contribution in [0.25, 0.3) is 11.1 Å². The predicted molar refractivity (Wildman–Crippen MR) is 137 cm³/mol. The third kappa shape index (κ3) is 4.81. The van der Waals surface area contributed by atoms with Gasteiger partial charge >= 0.3 is 5.97 Å². The number of imide groups is 1. The smallest absolute Gasteiger partial charge is 0.303 e. The van der Waals surface area contributed by atoms with E-state index in [4.69, 9.17) is 5.11 Å². The second-order valence-electron chi connectivity index (χ2n) is 9.82. The van der Waals surface area contributed by atoms with Crippen LogP contribution >= 0.6 is 0 Å². The first-order chi connectivity index (χ1) is 18.3. The topological polar surface area (TPSA) is 134 Å². The number of amides is 3. The summed E-state index contributed by atoms with van der Waals surface area (Å²) in [5.74, 6) is -2.44. The summed E-state index contributed by atoms with van der Waals surface area (Å²) in [5.41, 5.74) is 3.22. The van der Waals surface area contributed by atoms with E-state index in [1.807, 2.05) is 25.4 Å². The van der Waals surface area contributed by atoms with Crippen LogP contribution in [0.15, 0.2) is 55.0 Å². The average molecular weight is 516 g/mol. The minimum atomic E-state index is -1.14. The van der Waals surface area contributed by atoms with Gasteiger partial charge in [0.1, 0.15) is 6.04 Å². The van der Waals surface area contributed by atoms with E-state index in [0.717, 1.165) is 41.0 Å². The highest BCUT2D eigenvalue weighted by molar-refractivity contribution is 6.13. The van der Waals surface area contributed by atoms with E-state index < -0.39 is 35.8 Å². The summed E-state index contributed by atoms with van der Waals surface area (Å²) in [6, 6.07) is 8.94. The summed E-state index contributed by atoms with van der Waals surface area (Å²) >= 11 is 0. The monoisotopic (exact) mass is 515 g/mol. The van der Waals surface area contributed by atoms with Crippen LogP contribution in [0, 0.1) is 5.92 Å². The number of rotatable bonds is 9. The summed E-state index contributed by atoms with van der Waals surface area (Å²) in [7, 11) is 1.83. The molecule has 1 aliphatic heterocycles. The molecule has 3 heterocycles. The van der Waals surface area contributed by atoms with Crippen molar-refractivity contribution >= 4 is 23.7 Å². The quantitative estimate of drug-likeness (QED) is 0.446. The Morgan fingerprint density at radius 1 is 1.11 bits per heavy atom. The van der Waals surface area contributed by atoms with Crippen molar-refractivity contribution in [1.29, 1.82) is 0 Å². The number of benzene rings is 1. The molecule has 1 aliphatic carbocycles. The van der Waals surface area contributed by atoms with Crippen molar-refractivity contribution in [2.24, 2.45) is 13.0 Å². The van der Waals surface area contributed by atoms with Crippen molar-refractivity contribution in [2.45, 2.75) is 50.6 Å². The number of aryl methyl sites for hydroxylation is 1. The lowest BCUT2D eigenvalue weighted by atomic mass is 9.77. The molecule has 1 aromatic carbocycles. The average Bonchev–Trinajstić information content (AvgIpc) is 3.43. The molecule has 3 amide bonds. The third-order valence-electron chi connectivity index (χ3n) is 7.33. The lowest BCUT2D eigenvalue weighted by Crippen LogP contribution is -2.45. The zero-order chi connectivity index (χ0) is 26.8. The Labute approximate surface area is 219 Å². The zero-order valence-electron chi connectivity index (χ0n) is 21.0. The van der Waals surface area contributed by atoms with Gasteiger partial charge in [-0.15, -0.1) is 0 Å². The van der Waals surface area contributed by atoms with E-state index in [2.05, 4.69) is 15.4 Å². The number of carbonyl (C=O) groups excluding carboxylic acids is 3. The van der Waals surface area contributed by atoms with E-state index in [9.17, 15) is 19.2 Å². The fourth-order valence-corrected chi connectivity index (χ4v) is 5.23. The van der Waals surface area contributed by atoms with Crippen LogP contribution in [0.5, 0.6) is 0 Å². The summed E-state index contributed by atoms with van der Waals surface area (Å²) < 4.78 is 1.71. The first-order valence-electron chi connectivity index (χ1n) is 12.8. The highest BCUT2D eigenvalue weighted by atomic mass is 16.4. The van der Waals surface area contributed by atoms with Gasteiger partial charge in [0, 0.05) is 49.0 Å². The Hall–Kier alpha value is -4.34. The number of nitrogens with zero attached hydrogens (tertiary/aromatic N) is 4. The minimum Gasteiger partial charge on any atom is -0.481 e. The number of pyridine rings is 1. The molecule has 10 heteroatoms. The van der Waals surface area contributed by atoms with Gasteiger partial charge in [0.25, 0.3) is 5.91 Å². The Bertz CT molecular complexity index is 1400. The summed E-state index contributed by atoms with van der Waals surface area (Å²) in [6.45, 7) is 0. The molecule has 2 N–H and O–H groups in total. The van der Waals surface area contributed by atoms with E-state index in [1.54, 1.807) is 41.3 Å². The second kappa shape index (κ2) is 10.6. The Morgan fingerprint density at radius 3 is 2.55 bits per heavy atom. The molecule has 2 aliphatic rings. The minimum absolute atomic E-state index is 0.0791. The number of carbonyl (C=O) groups is 4. The molecule has 1 saturated carbocycles. The number of aliphatic carboxylic acids is 1. The van der Waals surface area contributed by atoms with Gasteiger partial charge in [-0.05, 0) is 42.9 Å². The number of carboxylic acid groups (broad SMARTS) is 1. The molecule has 3 aromatic rings. The maximum absolute atomic E-state index is 13.9. The Balaban J connectivity index is 1.47. The first kappa shape index (κ1) is 25.3. The number of aromatic nitrogens is 3. The molecule has 38 heavy (non-hydrogen) atoms. The lowest BCUT2D eigenvalue weighted by molar-refractivity contribution is -0.139. The third-order valence-corrected chi connectivity index (χ3v) is 7.33. The van der Waals surface area contributed by atoms with Gasteiger partial charge in [-0.3, -0.25) is 33.7 Å². The van der Waals surface area contributed by atoms with E-state index in [-0.39, 0.29) is 25.2 Å². The highest BCUT2D eigenvalue weighted by Crippen LogP contribution is 2.41. The van der Waals surface area contributed by atoms with Gasteiger partial charge in [-0.1, -0.05) is 30.7 Å². The van der Waals surface area contributed by atoms with E-state index in [1.165, 1.54) is 0 Å². The number of hydrogen-bond acceptors (Lipinski definition) is 6. The zero-order valence-corrected chi connectivity index (χ0v) is 21.0.